The highest BCUT2D eigenvalue weighted by Crippen LogP contribution is 2.35. The maximum Gasteiger partial charge on any atom is 0.224 e. The largest absolute Gasteiger partial charge is 0.394 e. The molecule has 22 heavy (non-hydrogen) atoms. The molecular weight excluding hydrogens is 292 g/mol. The highest BCUT2D eigenvalue weighted by atomic mass is 16.6. The third-order valence-electron chi connectivity index (χ3n) is 3.75. The molecule has 5 N–H and O–H groups in total. The Morgan fingerprint density at radius 3 is 2.64 bits per heavy atom. The highest BCUT2D eigenvalue weighted by molar-refractivity contribution is 5.82. The lowest BCUT2D eigenvalue weighted by atomic mass is 10.1. The van der Waals surface area contributed by atoms with Crippen molar-refractivity contribution in [3.63, 3.8) is 0 Å². The van der Waals surface area contributed by atoms with Gasteiger partial charge in [0, 0.05) is 14.2 Å². The molecule has 0 amide bonds. The van der Waals surface area contributed by atoms with Crippen molar-refractivity contribution in [3.8, 4) is 0 Å². The standard InChI is InChI=1S/C12H18N6O4/c1-20-7-5(3-19)22-11(8(7)21-2)18-4-15-6-9(13)16-12(14)17-10(6)18/h4-5,7-8,11,19H,3H2,1-2H3,(H4,13,14,16,17). The summed E-state index contributed by atoms with van der Waals surface area (Å²) < 4.78 is 18.3. The van der Waals surface area contributed by atoms with E-state index >= 15 is 0 Å². The predicted octanol–water partition coefficient (Wildman–Crippen LogP) is -1.09. The number of hydrogen-bond donors (Lipinski definition) is 3. The van der Waals surface area contributed by atoms with Crippen LogP contribution < -0.4 is 11.5 Å². The lowest BCUT2D eigenvalue weighted by molar-refractivity contribution is -0.0583. The van der Waals surface area contributed by atoms with E-state index in [0.29, 0.717) is 11.2 Å². The van der Waals surface area contributed by atoms with Gasteiger partial charge in [0.15, 0.2) is 17.7 Å². The molecule has 0 aliphatic carbocycles. The first-order chi connectivity index (χ1) is 10.6. The number of imidazole rings is 1. The van der Waals surface area contributed by atoms with Gasteiger partial charge in [-0.15, -0.1) is 0 Å². The van der Waals surface area contributed by atoms with Crippen LogP contribution in [-0.4, -0.2) is 63.8 Å². The van der Waals surface area contributed by atoms with E-state index in [9.17, 15) is 5.11 Å². The van der Waals surface area contributed by atoms with Crippen LogP contribution in [0.5, 0.6) is 0 Å². The molecule has 0 radical (unpaired) electrons. The molecule has 10 nitrogen and oxygen atoms in total. The molecular formula is C12H18N6O4. The van der Waals surface area contributed by atoms with Crippen LogP contribution in [0.15, 0.2) is 6.33 Å². The monoisotopic (exact) mass is 310 g/mol. The van der Waals surface area contributed by atoms with Crippen LogP contribution in [0.2, 0.25) is 0 Å². The summed E-state index contributed by atoms with van der Waals surface area (Å²) >= 11 is 0. The average Bonchev–Trinajstić information content (AvgIpc) is 3.06. The van der Waals surface area contributed by atoms with E-state index in [1.54, 1.807) is 11.7 Å². The molecule has 1 saturated heterocycles. The van der Waals surface area contributed by atoms with Crippen LogP contribution in [-0.2, 0) is 14.2 Å². The molecule has 4 unspecified atom stereocenters. The molecule has 120 valence electrons. The zero-order valence-electron chi connectivity index (χ0n) is 12.2. The number of aromatic nitrogens is 4. The third-order valence-corrected chi connectivity index (χ3v) is 3.75. The summed E-state index contributed by atoms with van der Waals surface area (Å²) in [5.74, 6) is 0.232. The lowest BCUT2D eigenvalue weighted by Gasteiger charge is -2.21. The molecule has 1 aliphatic heterocycles. The molecule has 10 heteroatoms. The average molecular weight is 310 g/mol. The van der Waals surface area contributed by atoms with E-state index in [-0.39, 0.29) is 18.4 Å². The topological polar surface area (TPSA) is 144 Å². The van der Waals surface area contributed by atoms with Crippen LogP contribution in [0.4, 0.5) is 11.8 Å². The number of hydrogen-bond acceptors (Lipinski definition) is 9. The molecule has 3 heterocycles. The minimum absolute atomic E-state index is 0.0423. The number of anilines is 2. The van der Waals surface area contributed by atoms with Crippen molar-refractivity contribution in [1.82, 2.24) is 19.5 Å². The van der Waals surface area contributed by atoms with E-state index in [0.717, 1.165) is 0 Å². The number of aliphatic hydroxyl groups is 1. The molecule has 1 aliphatic rings. The molecule has 0 spiro atoms. The second-order valence-corrected chi connectivity index (χ2v) is 4.94. The summed E-state index contributed by atoms with van der Waals surface area (Å²) in [6.07, 6.45) is -0.441. The van der Waals surface area contributed by atoms with Crippen LogP contribution in [0.3, 0.4) is 0 Å². The summed E-state index contributed by atoms with van der Waals surface area (Å²) in [5.41, 5.74) is 12.3. The molecule has 3 rings (SSSR count). The number of nitrogens with zero attached hydrogens (tertiary/aromatic N) is 4. The van der Waals surface area contributed by atoms with Gasteiger partial charge in [0.25, 0.3) is 0 Å². The zero-order chi connectivity index (χ0) is 15.9. The number of ether oxygens (including phenoxy) is 3. The van der Waals surface area contributed by atoms with Gasteiger partial charge in [-0.3, -0.25) is 4.57 Å². The Balaban J connectivity index is 2.07. The number of aliphatic hydroxyl groups excluding tert-OH is 1. The fourth-order valence-electron chi connectivity index (χ4n) is 2.76. The lowest BCUT2D eigenvalue weighted by Crippen LogP contribution is -2.36. The first-order valence-electron chi connectivity index (χ1n) is 6.68. The molecule has 0 saturated carbocycles. The number of rotatable bonds is 4. The Kier molecular flexibility index (Phi) is 3.83. The Bertz CT molecular complexity index is 677. The van der Waals surface area contributed by atoms with Gasteiger partial charge in [-0.25, -0.2) is 4.98 Å². The summed E-state index contributed by atoms with van der Waals surface area (Å²) in [6, 6.07) is 0. The zero-order valence-corrected chi connectivity index (χ0v) is 12.2. The van der Waals surface area contributed by atoms with Gasteiger partial charge in [-0.1, -0.05) is 0 Å². The van der Waals surface area contributed by atoms with E-state index in [2.05, 4.69) is 15.0 Å². The van der Waals surface area contributed by atoms with Crippen molar-refractivity contribution in [2.24, 2.45) is 0 Å². The van der Waals surface area contributed by atoms with Crippen molar-refractivity contribution in [2.45, 2.75) is 24.5 Å². The van der Waals surface area contributed by atoms with E-state index in [1.165, 1.54) is 13.4 Å². The SMILES string of the molecule is COC1C(CO)OC(n2cnc3c(N)nc(N)nc32)C1OC. The molecule has 1 fully saturated rings. The van der Waals surface area contributed by atoms with Gasteiger partial charge in [0.05, 0.1) is 12.9 Å². The number of methoxy groups -OCH3 is 2. The smallest absolute Gasteiger partial charge is 0.224 e. The van der Waals surface area contributed by atoms with Crippen molar-refractivity contribution in [3.05, 3.63) is 6.33 Å². The van der Waals surface area contributed by atoms with Gasteiger partial charge in [-0.2, -0.15) is 9.97 Å². The van der Waals surface area contributed by atoms with Crippen molar-refractivity contribution in [2.75, 3.05) is 32.3 Å². The number of nitrogens with two attached hydrogens (primary N) is 2. The summed E-state index contributed by atoms with van der Waals surface area (Å²) in [6.45, 7) is -0.194. The minimum atomic E-state index is -0.578. The van der Waals surface area contributed by atoms with Crippen LogP contribution in [0, 0.1) is 0 Å². The van der Waals surface area contributed by atoms with E-state index in [1.807, 2.05) is 0 Å². The maximum absolute atomic E-state index is 9.45. The predicted molar refractivity (Wildman–Crippen MR) is 76.7 cm³/mol. The quantitative estimate of drug-likeness (QED) is 0.641. The molecule has 2 aromatic rings. The van der Waals surface area contributed by atoms with Gasteiger partial charge in [0.2, 0.25) is 5.95 Å². The second-order valence-electron chi connectivity index (χ2n) is 4.94. The first kappa shape index (κ1) is 14.9. The fourth-order valence-corrected chi connectivity index (χ4v) is 2.76. The number of fused-ring (bicyclic) bond motifs is 1. The summed E-state index contributed by atoms with van der Waals surface area (Å²) in [4.78, 5) is 12.2. The maximum atomic E-state index is 9.45. The highest BCUT2D eigenvalue weighted by Gasteiger charge is 2.46. The van der Waals surface area contributed by atoms with Crippen LogP contribution in [0.1, 0.15) is 6.23 Å². The van der Waals surface area contributed by atoms with Crippen molar-refractivity contribution in [1.29, 1.82) is 0 Å². The van der Waals surface area contributed by atoms with Gasteiger partial charge < -0.3 is 30.8 Å². The molecule has 0 bridgehead atoms. The van der Waals surface area contributed by atoms with E-state index < -0.39 is 24.5 Å². The van der Waals surface area contributed by atoms with Crippen molar-refractivity contribution >= 4 is 22.9 Å². The Morgan fingerprint density at radius 1 is 1.27 bits per heavy atom. The molecule has 2 aromatic heterocycles. The number of nitrogen functional groups attached to an aromatic ring is 2. The fraction of sp³-hybridized carbons (Fsp3) is 0.583. The van der Waals surface area contributed by atoms with Gasteiger partial charge in [-0.05, 0) is 0 Å². The van der Waals surface area contributed by atoms with Crippen molar-refractivity contribution < 1.29 is 19.3 Å². The van der Waals surface area contributed by atoms with Gasteiger partial charge >= 0.3 is 0 Å². The normalized spacial score (nSPS) is 28.5. The van der Waals surface area contributed by atoms with Crippen LogP contribution >= 0.6 is 0 Å². The summed E-state index contributed by atoms with van der Waals surface area (Å²) in [7, 11) is 3.08. The van der Waals surface area contributed by atoms with Gasteiger partial charge in [0.1, 0.15) is 23.8 Å². The Hall–Kier alpha value is -2.01. The Morgan fingerprint density at radius 2 is 2.00 bits per heavy atom. The third kappa shape index (κ3) is 2.16. The van der Waals surface area contributed by atoms with E-state index in [4.69, 9.17) is 25.7 Å². The minimum Gasteiger partial charge on any atom is -0.394 e. The first-order valence-corrected chi connectivity index (χ1v) is 6.68. The summed E-state index contributed by atoms with van der Waals surface area (Å²) in [5, 5.41) is 9.45. The Labute approximate surface area is 126 Å². The van der Waals surface area contributed by atoms with Crippen LogP contribution in [0.25, 0.3) is 11.2 Å². The molecule has 4 atom stereocenters. The second kappa shape index (κ2) is 5.65. The molecule has 0 aromatic carbocycles.